The third-order valence-electron chi connectivity index (χ3n) is 1.71. The maximum absolute atomic E-state index is 12.5. The molecule has 1 aromatic heterocycles. The topological polar surface area (TPSA) is 79.8 Å². The van der Waals surface area contributed by atoms with Crippen molar-refractivity contribution in [3.05, 3.63) is 31.1 Å². The zero-order valence-corrected chi connectivity index (χ0v) is 9.81. The molecule has 0 atom stereocenters. The van der Waals surface area contributed by atoms with E-state index in [1.807, 2.05) is 0 Å². The van der Waals surface area contributed by atoms with Gasteiger partial charge in [-0.1, -0.05) is 0 Å². The summed E-state index contributed by atoms with van der Waals surface area (Å²) in [7, 11) is 0. The van der Waals surface area contributed by atoms with Crippen LogP contribution in [0.5, 0.6) is 0 Å². The SMILES string of the molecule is N#CCc1nc(C(F)F)c(I)cc1[N+](=O)[O-]. The molecule has 0 aliphatic heterocycles. The maximum Gasteiger partial charge on any atom is 0.292 e. The Morgan fingerprint density at radius 2 is 2.31 bits per heavy atom. The van der Waals surface area contributed by atoms with Gasteiger partial charge in [-0.05, 0) is 22.6 Å². The summed E-state index contributed by atoms with van der Waals surface area (Å²) < 4.78 is 24.9. The monoisotopic (exact) mass is 339 g/mol. The molecule has 0 N–H and O–H groups in total. The molecule has 0 radical (unpaired) electrons. The highest BCUT2D eigenvalue weighted by atomic mass is 127. The fraction of sp³-hybridized carbons (Fsp3) is 0.250. The molecule has 16 heavy (non-hydrogen) atoms. The standard InChI is InChI=1S/C8H4F2IN3O2/c9-8(10)7-4(11)3-6(14(15)16)5(13-7)1-2-12/h3,8H,1H2. The van der Waals surface area contributed by atoms with Gasteiger partial charge in [-0.15, -0.1) is 0 Å². The van der Waals surface area contributed by atoms with Crippen molar-refractivity contribution >= 4 is 28.3 Å². The van der Waals surface area contributed by atoms with Gasteiger partial charge in [0.1, 0.15) is 11.4 Å². The summed E-state index contributed by atoms with van der Waals surface area (Å²) in [5, 5.41) is 19.0. The van der Waals surface area contributed by atoms with E-state index >= 15 is 0 Å². The molecule has 0 aromatic carbocycles. The van der Waals surface area contributed by atoms with E-state index in [1.54, 1.807) is 28.7 Å². The van der Waals surface area contributed by atoms with E-state index in [4.69, 9.17) is 5.26 Å². The average molecular weight is 339 g/mol. The molecule has 5 nitrogen and oxygen atoms in total. The largest absolute Gasteiger partial charge is 0.292 e. The van der Waals surface area contributed by atoms with E-state index in [9.17, 15) is 18.9 Å². The number of nitriles is 1. The Hall–Kier alpha value is -1.37. The van der Waals surface area contributed by atoms with Crippen molar-refractivity contribution in [1.29, 1.82) is 5.26 Å². The van der Waals surface area contributed by atoms with Gasteiger partial charge in [0.25, 0.3) is 12.1 Å². The molecular formula is C8H4F2IN3O2. The lowest BCUT2D eigenvalue weighted by atomic mass is 10.2. The molecule has 0 unspecified atom stereocenters. The van der Waals surface area contributed by atoms with Gasteiger partial charge in [-0.25, -0.2) is 13.8 Å². The zero-order valence-electron chi connectivity index (χ0n) is 7.65. The molecule has 0 spiro atoms. The van der Waals surface area contributed by atoms with Gasteiger partial charge in [-0.3, -0.25) is 10.1 Å². The third kappa shape index (κ3) is 2.60. The number of pyridine rings is 1. The summed E-state index contributed by atoms with van der Waals surface area (Å²) >= 11 is 1.55. The average Bonchev–Trinajstić information content (AvgIpc) is 2.19. The molecule has 0 bridgehead atoms. The minimum atomic E-state index is -2.81. The first-order valence-corrected chi connectivity index (χ1v) is 5.04. The fourth-order valence-corrected chi connectivity index (χ4v) is 1.70. The number of aromatic nitrogens is 1. The van der Waals surface area contributed by atoms with Gasteiger partial charge in [-0.2, -0.15) is 5.26 Å². The van der Waals surface area contributed by atoms with E-state index < -0.39 is 22.7 Å². The van der Waals surface area contributed by atoms with E-state index in [2.05, 4.69) is 4.98 Å². The Balaban J connectivity index is 3.38. The van der Waals surface area contributed by atoms with Crippen LogP contribution in [-0.2, 0) is 6.42 Å². The fourth-order valence-electron chi connectivity index (χ4n) is 1.05. The number of halogens is 3. The Bertz CT molecular complexity index is 473. The second-order valence-corrected chi connectivity index (χ2v) is 3.88. The highest BCUT2D eigenvalue weighted by molar-refractivity contribution is 14.1. The molecular weight excluding hydrogens is 335 g/mol. The van der Waals surface area contributed by atoms with Gasteiger partial charge in [0.05, 0.1) is 17.4 Å². The lowest BCUT2D eigenvalue weighted by Gasteiger charge is -2.05. The zero-order chi connectivity index (χ0) is 12.3. The Labute approximate surface area is 102 Å². The van der Waals surface area contributed by atoms with Crippen LogP contribution in [0, 0.1) is 25.0 Å². The van der Waals surface area contributed by atoms with Crippen LogP contribution in [0.2, 0.25) is 0 Å². The Morgan fingerprint density at radius 3 is 2.75 bits per heavy atom. The lowest BCUT2D eigenvalue weighted by molar-refractivity contribution is -0.385. The third-order valence-corrected chi connectivity index (χ3v) is 2.57. The summed E-state index contributed by atoms with van der Waals surface area (Å²) in [5.74, 6) is 0. The molecule has 1 rings (SSSR count). The maximum atomic E-state index is 12.5. The van der Waals surface area contributed by atoms with Crippen LogP contribution >= 0.6 is 22.6 Å². The van der Waals surface area contributed by atoms with Crippen molar-refractivity contribution in [2.45, 2.75) is 12.8 Å². The van der Waals surface area contributed by atoms with Crippen LogP contribution in [0.4, 0.5) is 14.5 Å². The van der Waals surface area contributed by atoms with Gasteiger partial charge in [0.15, 0.2) is 0 Å². The number of hydrogen-bond acceptors (Lipinski definition) is 4. The van der Waals surface area contributed by atoms with Gasteiger partial charge in [0, 0.05) is 9.64 Å². The summed E-state index contributed by atoms with van der Waals surface area (Å²) in [6.45, 7) is 0. The Morgan fingerprint density at radius 1 is 1.69 bits per heavy atom. The first-order chi connectivity index (χ1) is 7.47. The molecule has 0 aliphatic rings. The van der Waals surface area contributed by atoms with Crippen molar-refractivity contribution in [1.82, 2.24) is 4.98 Å². The van der Waals surface area contributed by atoms with Crippen molar-refractivity contribution in [2.24, 2.45) is 0 Å². The molecule has 0 saturated heterocycles. The van der Waals surface area contributed by atoms with Crippen LogP contribution in [0.15, 0.2) is 6.07 Å². The molecule has 8 heteroatoms. The van der Waals surface area contributed by atoms with Crippen LogP contribution in [0.25, 0.3) is 0 Å². The van der Waals surface area contributed by atoms with Crippen molar-refractivity contribution in [3.8, 4) is 6.07 Å². The molecule has 0 amide bonds. The highest BCUT2D eigenvalue weighted by Gasteiger charge is 2.22. The molecule has 0 aliphatic carbocycles. The predicted molar refractivity (Wildman–Crippen MR) is 57.9 cm³/mol. The minimum absolute atomic E-state index is 0.0148. The smallest absolute Gasteiger partial charge is 0.258 e. The minimum Gasteiger partial charge on any atom is -0.258 e. The molecule has 84 valence electrons. The van der Waals surface area contributed by atoms with Gasteiger partial charge >= 0.3 is 0 Å². The first-order valence-electron chi connectivity index (χ1n) is 3.96. The van der Waals surface area contributed by atoms with E-state index in [0.717, 1.165) is 6.07 Å². The summed E-state index contributed by atoms with van der Waals surface area (Å²) in [6.07, 6.45) is -3.18. The van der Waals surface area contributed by atoms with E-state index in [0.29, 0.717) is 0 Å². The first kappa shape index (κ1) is 12.7. The van der Waals surface area contributed by atoms with Crippen molar-refractivity contribution < 1.29 is 13.7 Å². The quantitative estimate of drug-likeness (QED) is 0.482. The summed E-state index contributed by atoms with van der Waals surface area (Å²) in [5.41, 5.74) is -1.17. The molecule has 0 saturated carbocycles. The summed E-state index contributed by atoms with van der Waals surface area (Å²) in [4.78, 5) is 13.3. The predicted octanol–water partition coefficient (Wildman–Crippen LogP) is 2.60. The normalized spacial score (nSPS) is 10.2. The van der Waals surface area contributed by atoms with E-state index in [1.165, 1.54) is 0 Å². The summed E-state index contributed by atoms with van der Waals surface area (Å²) in [6, 6.07) is 2.65. The number of alkyl halides is 2. The molecule has 0 fully saturated rings. The van der Waals surface area contributed by atoms with Crippen LogP contribution in [0.1, 0.15) is 17.8 Å². The van der Waals surface area contributed by atoms with Gasteiger partial charge < -0.3 is 0 Å². The number of rotatable bonds is 3. The van der Waals surface area contributed by atoms with Crippen LogP contribution < -0.4 is 0 Å². The number of hydrogen-bond donors (Lipinski definition) is 0. The second kappa shape index (κ2) is 5.11. The molecule has 1 heterocycles. The number of nitro groups is 1. The lowest BCUT2D eigenvalue weighted by Crippen LogP contribution is -2.04. The van der Waals surface area contributed by atoms with Crippen molar-refractivity contribution in [2.75, 3.05) is 0 Å². The number of nitrogens with zero attached hydrogens (tertiary/aromatic N) is 3. The van der Waals surface area contributed by atoms with Crippen LogP contribution in [0.3, 0.4) is 0 Å². The second-order valence-electron chi connectivity index (χ2n) is 2.71. The van der Waals surface area contributed by atoms with E-state index in [-0.39, 0.29) is 15.7 Å². The van der Waals surface area contributed by atoms with Gasteiger partial charge in [0.2, 0.25) is 0 Å². The highest BCUT2D eigenvalue weighted by Crippen LogP contribution is 2.28. The van der Waals surface area contributed by atoms with Crippen molar-refractivity contribution in [3.63, 3.8) is 0 Å². The Kier molecular flexibility index (Phi) is 4.05. The van der Waals surface area contributed by atoms with Crippen LogP contribution in [-0.4, -0.2) is 9.91 Å². The molecule has 1 aromatic rings.